The van der Waals surface area contributed by atoms with Gasteiger partial charge in [-0.1, -0.05) is 23.7 Å². The second-order valence-electron chi connectivity index (χ2n) is 5.95. The van der Waals surface area contributed by atoms with Crippen LogP contribution in [-0.2, 0) is 14.8 Å². The predicted octanol–water partition coefficient (Wildman–Crippen LogP) is 3.52. The summed E-state index contributed by atoms with van der Waals surface area (Å²) < 4.78 is 32.0. The molecule has 0 aliphatic heterocycles. The van der Waals surface area contributed by atoms with Gasteiger partial charge in [-0.25, -0.2) is 13.2 Å². The largest absolute Gasteiger partial charge is 0.465 e. The number of anilines is 1. The van der Waals surface area contributed by atoms with Gasteiger partial charge in [0.15, 0.2) is 5.78 Å². The van der Waals surface area contributed by atoms with Crippen LogP contribution in [0.5, 0.6) is 0 Å². The van der Waals surface area contributed by atoms with E-state index in [9.17, 15) is 18.0 Å². The number of ketones is 1. The van der Waals surface area contributed by atoms with Crippen LogP contribution in [0.25, 0.3) is 0 Å². The minimum atomic E-state index is -3.88. The van der Waals surface area contributed by atoms with Crippen LogP contribution >= 0.6 is 11.6 Å². The van der Waals surface area contributed by atoms with Gasteiger partial charge in [-0.2, -0.15) is 0 Å². The fourth-order valence-electron chi connectivity index (χ4n) is 2.45. The molecular formula is C18H16ClNO5S. The number of nitrogens with one attached hydrogen (secondary N) is 1. The van der Waals surface area contributed by atoms with E-state index in [-0.39, 0.29) is 32.9 Å². The molecule has 1 N–H and O–H groups in total. The normalized spacial score (nSPS) is 13.9. The van der Waals surface area contributed by atoms with Crippen LogP contribution in [0.3, 0.4) is 0 Å². The first-order valence-corrected chi connectivity index (χ1v) is 9.73. The van der Waals surface area contributed by atoms with Gasteiger partial charge >= 0.3 is 5.97 Å². The van der Waals surface area contributed by atoms with Gasteiger partial charge < -0.3 is 4.74 Å². The molecule has 6 nitrogen and oxygen atoms in total. The van der Waals surface area contributed by atoms with Crippen LogP contribution < -0.4 is 4.72 Å². The first-order chi connectivity index (χ1) is 12.3. The molecule has 1 aliphatic carbocycles. The Hall–Kier alpha value is -2.38. The second-order valence-corrected chi connectivity index (χ2v) is 8.04. The molecule has 0 atom stereocenters. The summed E-state index contributed by atoms with van der Waals surface area (Å²) in [5, 5.41) is 0.155. The van der Waals surface area contributed by atoms with Crippen LogP contribution in [0.15, 0.2) is 47.4 Å². The number of carbonyl (C=O) groups excluding carboxylic acids is 2. The van der Waals surface area contributed by atoms with Gasteiger partial charge in [0.2, 0.25) is 0 Å². The number of sulfonamides is 1. The SMILES string of the molecule is COC(=O)c1cc(NS(=O)(=O)c2ccc(C(=O)C3CC3)cc2)ccc1Cl. The van der Waals surface area contributed by atoms with E-state index < -0.39 is 16.0 Å². The van der Waals surface area contributed by atoms with E-state index in [1.807, 2.05) is 0 Å². The topological polar surface area (TPSA) is 89.5 Å². The van der Waals surface area contributed by atoms with Crippen molar-refractivity contribution in [3.8, 4) is 0 Å². The molecular weight excluding hydrogens is 378 g/mol. The number of Topliss-reactive ketones (excluding diaryl/α,β-unsaturated/α-hetero) is 1. The molecule has 2 aromatic carbocycles. The molecule has 0 spiro atoms. The first kappa shape index (κ1) is 18.4. The smallest absolute Gasteiger partial charge is 0.339 e. The molecule has 1 saturated carbocycles. The number of benzene rings is 2. The monoisotopic (exact) mass is 393 g/mol. The van der Waals surface area contributed by atoms with Gasteiger partial charge in [-0.3, -0.25) is 9.52 Å². The molecule has 26 heavy (non-hydrogen) atoms. The molecule has 3 rings (SSSR count). The number of ether oxygens (including phenoxy) is 1. The number of halogens is 1. The lowest BCUT2D eigenvalue weighted by Gasteiger charge is -2.10. The van der Waals surface area contributed by atoms with Gasteiger partial charge in [-0.15, -0.1) is 0 Å². The number of hydrogen-bond donors (Lipinski definition) is 1. The third-order valence-electron chi connectivity index (χ3n) is 4.02. The Morgan fingerprint density at radius 2 is 1.77 bits per heavy atom. The van der Waals surface area contributed by atoms with Gasteiger partial charge in [-0.05, 0) is 43.2 Å². The van der Waals surface area contributed by atoms with Gasteiger partial charge in [0, 0.05) is 17.2 Å². The van der Waals surface area contributed by atoms with E-state index in [0.717, 1.165) is 12.8 Å². The molecule has 1 aliphatic rings. The third-order valence-corrected chi connectivity index (χ3v) is 5.75. The van der Waals surface area contributed by atoms with Gasteiger partial charge in [0.25, 0.3) is 10.0 Å². The zero-order chi connectivity index (χ0) is 18.9. The number of hydrogen-bond acceptors (Lipinski definition) is 5. The zero-order valence-corrected chi connectivity index (χ0v) is 15.4. The van der Waals surface area contributed by atoms with E-state index in [1.54, 1.807) is 0 Å². The second kappa shape index (κ2) is 7.09. The molecule has 0 radical (unpaired) electrons. The summed E-state index contributed by atoms with van der Waals surface area (Å²) in [6.07, 6.45) is 1.78. The molecule has 136 valence electrons. The Bertz CT molecular complexity index is 966. The zero-order valence-electron chi connectivity index (χ0n) is 13.9. The summed E-state index contributed by atoms with van der Waals surface area (Å²) >= 11 is 5.93. The summed E-state index contributed by atoms with van der Waals surface area (Å²) in [5.74, 6) is -0.553. The van der Waals surface area contributed by atoms with Crippen molar-refractivity contribution in [2.24, 2.45) is 5.92 Å². The standard InChI is InChI=1S/C18H16ClNO5S/c1-25-18(22)15-10-13(6-9-16(15)19)20-26(23,24)14-7-4-12(5-8-14)17(21)11-2-3-11/h4-11,20H,2-3H2,1H3. The third kappa shape index (κ3) is 3.89. The van der Waals surface area contributed by atoms with Crippen molar-refractivity contribution >= 4 is 39.1 Å². The van der Waals surface area contributed by atoms with E-state index >= 15 is 0 Å². The summed E-state index contributed by atoms with van der Waals surface area (Å²) in [6.45, 7) is 0. The lowest BCUT2D eigenvalue weighted by Crippen LogP contribution is -2.14. The van der Waals surface area contributed by atoms with Crippen LogP contribution in [0.1, 0.15) is 33.6 Å². The van der Waals surface area contributed by atoms with Crippen molar-refractivity contribution in [1.29, 1.82) is 0 Å². The van der Waals surface area contributed by atoms with Crippen LogP contribution in [0.4, 0.5) is 5.69 Å². The van der Waals surface area contributed by atoms with Crippen molar-refractivity contribution in [3.63, 3.8) is 0 Å². The lowest BCUT2D eigenvalue weighted by atomic mass is 10.1. The maximum atomic E-state index is 12.5. The minimum Gasteiger partial charge on any atom is -0.465 e. The fraction of sp³-hybridized carbons (Fsp3) is 0.222. The number of carbonyl (C=O) groups is 2. The Morgan fingerprint density at radius 3 is 2.35 bits per heavy atom. The average Bonchev–Trinajstić information content (AvgIpc) is 3.47. The van der Waals surface area contributed by atoms with Crippen molar-refractivity contribution < 1.29 is 22.7 Å². The molecule has 0 aromatic heterocycles. The molecule has 8 heteroatoms. The van der Waals surface area contributed by atoms with E-state index in [2.05, 4.69) is 9.46 Å². The number of methoxy groups -OCH3 is 1. The van der Waals surface area contributed by atoms with Crippen molar-refractivity contribution in [3.05, 3.63) is 58.6 Å². The minimum absolute atomic E-state index is 0.0133. The Morgan fingerprint density at radius 1 is 1.12 bits per heavy atom. The van der Waals surface area contributed by atoms with Crippen LogP contribution in [0, 0.1) is 5.92 Å². The molecule has 1 fully saturated rings. The first-order valence-electron chi connectivity index (χ1n) is 7.87. The van der Waals surface area contributed by atoms with Crippen LogP contribution in [0.2, 0.25) is 5.02 Å². The van der Waals surface area contributed by atoms with E-state index in [0.29, 0.717) is 5.56 Å². The Kier molecular flexibility index (Phi) is 5.02. The van der Waals surface area contributed by atoms with E-state index in [1.165, 1.54) is 49.6 Å². The highest BCUT2D eigenvalue weighted by Crippen LogP contribution is 2.32. The summed E-state index contributed by atoms with van der Waals surface area (Å²) in [4.78, 5) is 23.7. The predicted molar refractivity (Wildman–Crippen MR) is 97.1 cm³/mol. The number of rotatable bonds is 6. The molecule has 0 unspecified atom stereocenters. The highest BCUT2D eigenvalue weighted by molar-refractivity contribution is 7.92. The van der Waals surface area contributed by atoms with Crippen molar-refractivity contribution in [1.82, 2.24) is 0 Å². The molecule has 0 heterocycles. The van der Waals surface area contributed by atoms with Crippen molar-refractivity contribution in [2.75, 3.05) is 11.8 Å². The molecule has 0 amide bonds. The van der Waals surface area contributed by atoms with Gasteiger partial charge in [0.05, 0.1) is 22.6 Å². The average molecular weight is 394 g/mol. The fourth-order valence-corrected chi connectivity index (χ4v) is 3.69. The maximum absolute atomic E-state index is 12.5. The Balaban J connectivity index is 1.82. The summed E-state index contributed by atoms with van der Waals surface area (Å²) in [5.41, 5.74) is 0.735. The Labute approximate surface area is 156 Å². The van der Waals surface area contributed by atoms with E-state index in [4.69, 9.17) is 11.6 Å². The molecule has 2 aromatic rings. The summed E-state index contributed by atoms with van der Waals surface area (Å²) in [6, 6.07) is 9.94. The molecule has 0 saturated heterocycles. The van der Waals surface area contributed by atoms with Gasteiger partial charge in [0.1, 0.15) is 0 Å². The number of esters is 1. The maximum Gasteiger partial charge on any atom is 0.339 e. The summed E-state index contributed by atoms with van der Waals surface area (Å²) in [7, 11) is -2.67. The lowest BCUT2D eigenvalue weighted by molar-refractivity contribution is 0.0601. The molecule has 0 bridgehead atoms. The van der Waals surface area contributed by atoms with Crippen molar-refractivity contribution in [2.45, 2.75) is 17.7 Å². The van der Waals surface area contributed by atoms with Crippen LogP contribution in [-0.4, -0.2) is 27.3 Å². The highest BCUT2D eigenvalue weighted by atomic mass is 35.5. The highest BCUT2D eigenvalue weighted by Gasteiger charge is 2.30. The quantitative estimate of drug-likeness (QED) is 0.599.